The van der Waals surface area contributed by atoms with Crippen molar-refractivity contribution in [2.24, 2.45) is 0 Å². The van der Waals surface area contributed by atoms with E-state index in [0.717, 1.165) is 31.3 Å². The van der Waals surface area contributed by atoms with E-state index in [9.17, 15) is 4.79 Å². The first-order valence-corrected chi connectivity index (χ1v) is 9.52. The maximum absolute atomic E-state index is 12.9. The Morgan fingerprint density at radius 1 is 1.26 bits per heavy atom. The van der Waals surface area contributed by atoms with Gasteiger partial charge in [-0.15, -0.1) is 22.7 Å². The van der Waals surface area contributed by atoms with E-state index in [2.05, 4.69) is 20.9 Å². The number of anilines is 1. The first-order valence-electron chi connectivity index (χ1n) is 7.03. The van der Waals surface area contributed by atoms with Gasteiger partial charge in [0.15, 0.2) is 0 Å². The summed E-state index contributed by atoms with van der Waals surface area (Å²) in [7, 11) is 1.81. The van der Waals surface area contributed by atoms with Crippen molar-refractivity contribution in [3.63, 3.8) is 0 Å². The molecule has 0 bridgehead atoms. The molecule has 6 heteroatoms. The zero-order valence-corrected chi connectivity index (χ0v) is 16.2. The van der Waals surface area contributed by atoms with Crippen LogP contribution in [0.15, 0.2) is 40.2 Å². The van der Waals surface area contributed by atoms with E-state index in [1.54, 1.807) is 16.2 Å². The predicted octanol–water partition coefficient (Wildman–Crippen LogP) is 5.53. The van der Waals surface area contributed by atoms with Crippen LogP contribution >= 0.6 is 38.6 Å². The third-order valence-electron chi connectivity index (χ3n) is 3.55. The first kappa shape index (κ1) is 16.4. The van der Waals surface area contributed by atoms with Crippen molar-refractivity contribution in [3.05, 3.63) is 56.3 Å². The van der Waals surface area contributed by atoms with Gasteiger partial charge >= 0.3 is 0 Å². The van der Waals surface area contributed by atoms with Crippen LogP contribution in [0, 0.1) is 13.8 Å². The SMILES string of the molecule is Cc1cc(Br)ccc1N(C)C(=O)c1sc(-c2cccs2)nc1C. The molecule has 0 aliphatic heterocycles. The fraction of sp³-hybridized carbons (Fsp3) is 0.176. The van der Waals surface area contributed by atoms with Gasteiger partial charge in [-0.1, -0.05) is 22.0 Å². The Balaban J connectivity index is 1.94. The molecule has 3 nitrogen and oxygen atoms in total. The van der Waals surface area contributed by atoms with Crippen molar-refractivity contribution in [2.45, 2.75) is 13.8 Å². The summed E-state index contributed by atoms with van der Waals surface area (Å²) in [6.45, 7) is 3.89. The number of benzene rings is 1. The van der Waals surface area contributed by atoms with E-state index in [-0.39, 0.29) is 5.91 Å². The number of rotatable bonds is 3. The molecule has 2 heterocycles. The van der Waals surface area contributed by atoms with Crippen LogP contribution in [0.3, 0.4) is 0 Å². The highest BCUT2D eigenvalue weighted by Gasteiger charge is 2.21. The highest BCUT2D eigenvalue weighted by atomic mass is 79.9. The Hall–Kier alpha value is -1.50. The molecular formula is C17H15BrN2OS2. The third-order valence-corrected chi connectivity index (χ3v) is 6.23. The van der Waals surface area contributed by atoms with Gasteiger partial charge in [0.2, 0.25) is 0 Å². The lowest BCUT2D eigenvalue weighted by Crippen LogP contribution is -2.26. The molecule has 0 unspecified atom stereocenters. The summed E-state index contributed by atoms with van der Waals surface area (Å²) in [5.41, 5.74) is 2.74. The molecule has 1 aromatic carbocycles. The Labute approximate surface area is 151 Å². The average molecular weight is 407 g/mol. The number of amides is 1. The maximum atomic E-state index is 12.9. The summed E-state index contributed by atoms with van der Waals surface area (Å²) >= 11 is 6.55. The number of thiazole rings is 1. The summed E-state index contributed by atoms with van der Waals surface area (Å²) in [6.07, 6.45) is 0. The number of hydrogen-bond donors (Lipinski definition) is 0. The predicted molar refractivity (Wildman–Crippen MR) is 102 cm³/mol. The van der Waals surface area contributed by atoms with E-state index in [0.29, 0.717) is 4.88 Å². The van der Waals surface area contributed by atoms with E-state index in [4.69, 9.17) is 0 Å². The molecule has 118 valence electrons. The number of hydrogen-bond acceptors (Lipinski definition) is 4. The van der Waals surface area contributed by atoms with Crippen LogP contribution < -0.4 is 4.90 Å². The molecule has 0 atom stereocenters. The van der Waals surface area contributed by atoms with Gasteiger partial charge in [-0.3, -0.25) is 4.79 Å². The van der Waals surface area contributed by atoms with Crippen LogP contribution in [-0.4, -0.2) is 17.9 Å². The number of nitrogens with zero attached hydrogens (tertiary/aromatic N) is 2. The Morgan fingerprint density at radius 3 is 2.70 bits per heavy atom. The second-order valence-electron chi connectivity index (χ2n) is 5.21. The minimum Gasteiger partial charge on any atom is -0.310 e. The van der Waals surface area contributed by atoms with Crippen LogP contribution in [0.1, 0.15) is 20.9 Å². The molecule has 1 amide bonds. The second-order valence-corrected chi connectivity index (χ2v) is 8.07. The molecule has 0 saturated carbocycles. The molecule has 2 aromatic heterocycles. The normalized spacial score (nSPS) is 10.8. The summed E-state index contributed by atoms with van der Waals surface area (Å²) in [4.78, 5) is 20.9. The van der Waals surface area contributed by atoms with E-state index in [1.807, 2.05) is 56.6 Å². The second kappa shape index (κ2) is 6.55. The molecule has 0 fully saturated rings. The number of carbonyl (C=O) groups is 1. The van der Waals surface area contributed by atoms with Gasteiger partial charge in [0.25, 0.3) is 5.91 Å². The quantitative estimate of drug-likeness (QED) is 0.572. The molecule has 3 rings (SSSR count). The third kappa shape index (κ3) is 3.24. The Morgan fingerprint density at radius 2 is 2.04 bits per heavy atom. The number of aryl methyl sites for hydroxylation is 2. The molecular weight excluding hydrogens is 392 g/mol. The minimum absolute atomic E-state index is 0.0202. The zero-order chi connectivity index (χ0) is 16.6. The molecule has 0 N–H and O–H groups in total. The zero-order valence-electron chi connectivity index (χ0n) is 13.0. The number of aromatic nitrogens is 1. The van der Waals surface area contributed by atoms with Crippen molar-refractivity contribution in [3.8, 4) is 9.88 Å². The van der Waals surface area contributed by atoms with Gasteiger partial charge in [0.05, 0.1) is 10.6 Å². The van der Waals surface area contributed by atoms with E-state index < -0.39 is 0 Å². The monoisotopic (exact) mass is 406 g/mol. The van der Waals surface area contributed by atoms with Crippen LogP contribution in [0.4, 0.5) is 5.69 Å². The van der Waals surface area contributed by atoms with Crippen LogP contribution in [-0.2, 0) is 0 Å². The summed E-state index contributed by atoms with van der Waals surface area (Å²) in [5.74, 6) is -0.0202. The molecule has 23 heavy (non-hydrogen) atoms. The van der Waals surface area contributed by atoms with Gasteiger partial charge < -0.3 is 4.90 Å². The average Bonchev–Trinajstić information content (AvgIpc) is 3.15. The lowest BCUT2D eigenvalue weighted by atomic mass is 10.2. The van der Waals surface area contributed by atoms with E-state index in [1.165, 1.54) is 11.3 Å². The van der Waals surface area contributed by atoms with Crippen molar-refractivity contribution in [2.75, 3.05) is 11.9 Å². The van der Waals surface area contributed by atoms with Gasteiger partial charge in [-0.25, -0.2) is 4.98 Å². The fourth-order valence-corrected chi connectivity index (χ4v) is 4.67. The Kier molecular flexibility index (Phi) is 4.66. The largest absolute Gasteiger partial charge is 0.310 e. The maximum Gasteiger partial charge on any atom is 0.270 e. The molecule has 0 radical (unpaired) electrons. The highest BCUT2D eigenvalue weighted by Crippen LogP contribution is 2.33. The van der Waals surface area contributed by atoms with Gasteiger partial charge in [0, 0.05) is 17.2 Å². The standard InChI is InChI=1S/C17H15BrN2OS2/c1-10-9-12(18)6-7-13(10)20(3)17(21)15-11(2)19-16(23-15)14-5-4-8-22-14/h4-9H,1-3H3. The Bertz CT molecular complexity index is 856. The number of carbonyl (C=O) groups excluding carboxylic acids is 1. The van der Waals surface area contributed by atoms with Crippen molar-refractivity contribution in [1.82, 2.24) is 4.98 Å². The highest BCUT2D eigenvalue weighted by molar-refractivity contribution is 9.10. The minimum atomic E-state index is -0.0202. The lowest BCUT2D eigenvalue weighted by Gasteiger charge is -2.19. The molecule has 0 aliphatic carbocycles. The van der Waals surface area contributed by atoms with Crippen molar-refractivity contribution < 1.29 is 4.79 Å². The molecule has 0 spiro atoms. The lowest BCUT2D eigenvalue weighted by molar-refractivity contribution is 0.0996. The summed E-state index contributed by atoms with van der Waals surface area (Å²) < 4.78 is 1.01. The van der Waals surface area contributed by atoms with Gasteiger partial charge in [0.1, 0.15) is 9.88 Å². The van der Waals surface area contributed by atoms with E-state index >= 15 is 0 Å². The number of thiophene rings is 1. The topological polar surface area (TPSA) is 33.2 Å². The summed E-state index contributed by atoms with van der Waals surface area (Å²) in [6, 6.07) is 9.93. The van der Waals surface area contributed by atoms with Gasteiger partial charge in [-0.05, 0) is 49.1 Å². The molecule has 3 aromatic rings. The number of halogens is 1. The fourth-order valence-electron chi connectivity index (χ4n) is 2.36. The van der Waals surface area contributed by atoms with Crippen LogP contribution in [0.2, 0.25) is 0 Å². The molecule has 0 aliphatic rings. The smallest absolute Gasteiger partial charge is 0.270 e. The molecule has 0 saturated heterocycles. The van der Waals surface area contributed by atoms with Crippen molar-refractivity contribution in [1.29, 1.82) is 0 Å². The van der Waals surface area contributed by atoms with Crippen molar-refractivity contribution >= 4 is 50.2 Å². The van der Waals surface area contributed by atoms with Crippen LogP contribution in [0.5, 0.6) is 0 Å². The first-order chi connectivity index (χ1) is 11.0. The summed E-state index contributed by atoms with van der Waals surface area (Å²) in [5, 5.41) is 2.92. The van der Waals surface area contributed by atoms with Crippen LogP contribution in [0.25, 0.3) is 9.88 Å². The van der Waals surface area contributed by atoms with Gasteiger partial charge in [-0.2, -0.15) is 0 Å².